The summed E-state index contributed by atoms with van der Waals surface area (Å²) in [5.74, 6) is 0.216. The molecule has 0 aliphatic rings. The lowest BCUT2D eigenvalue weighted by atomic mass is 10.1. The Morgan fingerprint density at radius 1 is 1.27 bits per heavy atom. The minimum Gasteiger partial charge on any atom is -0.298 e. The van der Waals surface area contributed by atoms with Crippen molar-refractivity contribution in [1.82, 2.24) is 0 Å². The van der Waals surface area contributed by atoms with E-state index in [9.17, 15) is 4.79 Å². The molecular formula is C11H12Br2OS. The molecule has 0 radical (unpaired) electrons. The Bertz CT molecular complexity index is 330. The van der Waals surface area contributed by atoms with E-state index in [0.29, 0.717) is 11.8 Å². The maximum Gasteiger partial charge on any atom is 0.147 e. The molecule has 0 N–H and O–H groups in total. The van der Waals surface area contributed by atoms with Crippen molar-refractivity contribution in [3.8, 4) is 0 Å². The summed E-state index contributed by atoms with van der Waals surface area (Å²) in [7, 11) is 0. The van der Waals surface area contributed by atoms with Crippen LogP contribution in [0, 0.1) is 0 Å². The molecule has 15 heavy (non-hydrogen) atoms. The Balaban J connectivity index is 2.91. The van der Waals surface area contributed by atoms with E-state index in [1.807, 2.05) is 6.26 Å². The third-order valence-electron chi connectivity index (χ3n) is 1.97. The molecule has 0 amide bonds. The van der Waals surface area contributed by atoms with Crippen LogP contribution in [0.2, 0.25) is 0 Å². The lowest BCUT2D eigenvalue weighted by Crippen LogP contribution is -2.03. The number of carbonyl (C=O) groups excluding carboxylic acids is 1. The van der Waals surface area contributed by atoms with Crippen molar-refractivity contribution in [2.24, 2.45) is 0 Å². The molecule has 0 bridgehead atoms. The number of rotatable bonds is 5. The average Bonchev–Trinajstić information content (AvgIpc) is 2.28. The quantitative estimate of drug-likeness (QED) is 0.592. The highest BCUT2D eigenvalue weighted by atomic mass is 79.9. The van der Waals surface area contributed by atoms with Crippen LogP contribution in [0.25, 0.3) is 0 Å². The van der Waals surface area contributed by atoms with Crippen LogP contribution in [0.15, 0.2) is 23.1 Å². The Hall–Kier alpha value is 0.200. The highest BCUT2D eigenvalue weighted by Crippen LogP contribution is 2.21. The molecule has 0 saturated heterocycles. The van der Waals surface area contributed by atoms with Crippen molar-refractivity contribution in [3.05, 3.63) is 29.3 Å². The molecule has 0 unspecified atom stereocenters. The fourth-order valence-corrected chi connectivity index (χ4v) is 2.36. The molecular weight excluding hydrogens is 340 g/mol. The van der Waals surface area contributed by atoms with Gasteiger partial charge in [0, 0.05) is 16.6 Å². The molecule has 1 nitrogen and oxygen atoms in total. The van der Waals surface area contributed by atoms with Crippen molar-refractivity contribution < 1.29 is 4.79 Å². The number of alkyl halides is 2. The summed E-state index contributed by atoms with van der Waals surface area (Å²) in [6.45, 7) is 0. The van der Waals surface area contributed by atoms with Gasteiger partial charge in [0.2, 0.25) is 0 Å². The number of hydrogen-bond acceptors (Lipinski definition) is 2. The van der Waals surface area contributed by atoms with Crippen LogP contribution in [0.5, 0.6) is 0 Å². The fraction of sp³-hybridized carbons (Fsp3) is 0.364. The summed E-state index contributed by atoms with van der Waals surface area (Å²) < 4.78 is 0. The van der Waals surface area contributed by atoms with Gasteiger partial charge in [0.25, 0.3) is 0 Å². The van der Waals surface area contributed by atoms with Gasteiger partial charge in [-0.1, -0.05) is 37.9 Å². The van der Waals surface area contributed by atoms with E-state index < -0.39 is 0 Å². The summed E-state index contributed by atoms with van der Waals surface area (Å²) in [5.41, 5.74) is 2.32. The van der Waals surface area contributed by atoms with Crippen LogP contribution >= 0.6 is 43.6 Å². The van der Waals surface area contributed by atoms with E-state index in [1.54, 1.807) is 11.8 Å². The van der Waals surface area contributed by atoms with Gasteiger partial charge in [0.1, 0.15) is 5.78 Å². The summed E-state index contributed by atoms with van der Waals surface area (Å²) >= 11 is 8.32. The molecule has 1 rings (SSSR count). The molecule has 0 spiro atoms. The summed E-state index contributed by atoms with van der Waals surface area (Å²) in [4.78, 5) is 12.5. The van der Waals surface area contributed by atoms with Crippen LogP contribution in [-0.2, 0) is 16.5 Å². The minimum atomic E-state index is 0.216. The van der Waals surface area contributed by atoms with E-state index in [4.69, 9.17) is 0 Å². The highest BCUT2D eigenvalue weighted by Gasteiger charge is 2.04. The lowest BCUT2D eigenvalue weighted by molar-refractivity contribution is -0.115. The zero-order chi connectivity index (χ0) is 11.3. The maximum absolute atomic E-state index is 11.3. The topological polar surface area (TPSA) is 17.1 Å². The Labute approximate surface area is 111 Å². The summed E-state index contributed by atoms with van der Waals surface area (Å²) in [6.07, 6.45) is 2.56. The Kier molecular flexibility index (Phi) is 5.94. The van der Waals surface area contributed by atoms with Crippen LogP contribution in [0.4, 0.5) is 0 Å². The molecule has 0 heterocycles. The first-order valence-electron chi connectivity index (χ1n) is 4.50. The molecule has 1 aromatic carbocycles. The number of hydrogen-bond donors (Lipinski definition) is 0. The molecule has 1 aromatic rings. The van der Waals surface area contributed by atoms with E-state index >= 15 is 0 Å². The van der Waals surface area contributed by atoms with Crippen LogP contribution < -0.4 is 0 Å². The number of thioether (sulfide) groups is 1. The fourth-order valence-electron chi connectivity index (χ4n) is 1.30. The number of carbonyl (C=O) groups is 1. The zero-order valence-electron chi connectivity index (χ0n) is 8.43. The van der Waals surface area contributed by atoms with Gasteiger partial charge < -0.3 is 0 Å². The number of Topliss-reactive ketones (excluding diaryl/α,β-unsaturated/α-hetero) is 1. The molecule has 0 saturated carbocycles. The van der Waals surface area contributed by atoms with Crippen molar-refractivity contribution in [2.75, 3.05) is 11.6 Å². The standard InChI is InChI=1S/C11H12Br2OS/c1-15-11-4-8(3-10(14)7-13)2-9(5-11)6-12/h2,4-5H,3,6-7H2,1H3. The largest absolute Gasteiger partial charge is 0.298 e. The molecule has 82 valence electrons. The monoisotopic (exact) mass is 350 g/mol. The number of halogens is 2. The first kappa shape index (κ1) is 13.3. The predicted octanol–water partition coefficient (Wildman–Crippen LogP) is 3.81. The van der Waals surface area contributed by atoms with Gasteiger partial charge in [-0.25, -0.2) is 0 Å². The maximum atomic E-state index is 11.3. The Morgan fingerprint density at radius 3 is 2.47 bits per heavy atom. The smallest absolute Gasteiger partial charge is 0.147 e. The second-order valence-electron chi connectivity index (χ2n) is 3.17. The van der Waals surface area contributed by atoms with E-state index in [1.165, 1.54) is 10.5 Å². The molecule has 4 heteroatoms. The van der Waals surface area contributed by atoms with Crippen LogP contribution in [0.3, 0.4) is 0 Å². The van der Waals surface area contributed by atoms with E-state index in [0.717, 1.165) is 10.9 Å². The van der Waals surface area contributed by atoms with Crippen molar-refractivity contribution in [3.63, 3.8) is 0 Å². The molecule has 0 aliphatic heterocycles. The molecule has 0 aliphatic carbocycles. The summed E-state index contributed by atoms with van der Waals surface area (Å²) in [5, 5.41) is 1.26. The van der Waals surface area contributed by atoms with Gasteiger partial charge in [-0.05, 0) is 29.5 Å². The van der Waals surface area contributed by atoms with Gasteiger partial charge in [0.15, 0.2) is 0 Å². The second-order valence-corrected chi connectivity index (χ2v) is 5.17. The molecule has 0 atom stereocenters. The molecule has 0 fully saturated rings. The minimum absolute atomic E-state index is 0.216. The lowest BCUT2D eigenvalue weighted by Gasteiger charge is -2.05. The number of ketones is 1. The second kappa shape index (κ2) is 6.71. The first-order valence-corrected chi connectivity index (χ1v) is 7.96. The van der Waals surface area contributed by atoms with Crippen LogP contribution in [0.1, 0.15) is 11.1 Å². The first-order chi connectivity index (χ1) is 7.19. The zero-order valence-corrected chi connectivity index (χ0v) is 12.4. The third kappa shape index (κ3) is 4.29. The third-order valence-corrected chi connectivity index (χ3v) is 3.95. The molecule has 0 aromatic heterocycles. The van der Waals surface area contributed by atoms with Gasteiger partial charge >= 0.3 is 0 Å². The Morgan fingerprint density at radius 2 is 1.93 bits per heavy atom. The normalized spacial score (nSPS) is 10.3. The van der Waals surface area contributed by atoms with Gasteiger partial charge in [-0.3, -0.25) is 4.79 Å². The van der Waals surface area contributed by atoms with Gasteiger partial charge in [-0.15, -0.1) is 11.8 Å². The van der Waals surface area contributed by atoms with Crippen molar-refractivity contribution >= 4 is 49.4 Å². The van der Waals surface area contributed by atoms with Crippen molar-refractivity contribution in [1.29, 1.82) is 0 Å². The SMILES string of the molecule is CSc1cc(CBr)cc(CC(=O)CBr)c1. The van der Waals surface area contributed by atoms with Gasteiger partial charge in [-0.2, -0.15) is 0 Å². The van der Waals surface area contributed by atoms with E-state index in [-0.39, 0.29) is 5.78 Å². The highest BCUT2D eigenvalue weighted by molar-refractivity contribution is 9.09. The number of benzene rings is 1. The van der Waals surface area contributed by atoms with E-state index in [2.05, 4.69) is 50.1 Å². The predicted molar refractivity (Wildman–Crippen MR) is 73.4 cm³/mol. The van der Waals surface area contributed by atoms with Crippen LogP contribution in [-0.4, -0.2) is 17.4 Å². The van der Waals surface area contributed by atoms with Crippen molar-refractivity contribution in [2.45, 2.75) is 16.6 Å². The summed E-state index contributed by atoms with van der Waals surface area (Å²) in [6, 6.07) is 6.30. The average molecular weight is 352 g/mol. The van der Waals surface area contributed by atoms with Gasteiger partial charge in [0.05, 0.1) is 5.33 Å².